The number of halogens is 1. The highest BCUT2D eigenvalue weighted by Crippen LogP contribution is 2.24. The Morgan fingerprint density at radius 1 is 1.50 bits per heavy atom. The summed E-state index contributed by atoms with van der Waals surface area (Å²) in [4.78, 5) is 0. The van der Waals surface area contributed by atoms with Crippen molar-refractivity contribution in [2.24, 2.45) is 5.92 Å². The molecule has 2 nitrogen and oxygen atoms in total. The molecule has 1 N–H and O–H groups in total. The molecule has 3 atom stereocenters. The molecule has 0 aromatic heterocycles. The van der Waals surface area contributed by atoms with Gasteiger partial charge in [-0.25, -0.2) is 0 Å². The van der Waals surface area contributed by atoms with Gasteiger partial charge in [-0.3, -0.25) is 0 Å². The van der Waals surface area contributed by atoms with Crippen molar-refractivity contribution in [1.82, 2.24) is 5.32 Å². The largest absolute Gasteiger partial charge is 0.378 e. The molecule has 1 saturated heterocycles. The van der Waals surface area contributed by atoms with E-state index >= 15 is 0 Å². The Morgan fingerprint density at radius 3 is 3.06 bits per heavy atom. The second kappa shape index (κ2) is 6.55. The maximum absolute atomic E-state index is 6.01. The maximum Gasteiger partial charge on any atom is 0.0613 e. The number of benzene rings is 1. The van der Waals surface area contributed by atoms with Crippen LogP contribution in [0, 0.1) is 5.92 Å². The minimum Gasteiger partial charge on any atom is -0.378 e. The van der Waals surface area contributed by atoms with E-state index in [2.05, 4.69) is 25.2 Å². The molecule has 3 heteroatoms. The van der Waals surface area contributed by atoms with Gasteiger partial charge in [-0.2, -0.15) is 0 Å². The summed E-state index contributed by atoms with van der Waals surface area (Å²) in [5, 5.41) is 4.40. The van der Waals surface area contributed by atoms with Gasteiger partial charge in [-0.15, -0.1) is 0 Å². The highest BCUT2D eigenvalue weighted by Gasteiger charge is 2.26. The first-order chi connectivity index (χ1) is 8.70. The summed E-state index contributed by atoms with van der Waals surface area (Å²) in [6.45, 7) is 6.31. The van der Waals surface area contributed by atoms with E-state index in [0.29, 0.717) is 18.1 Å². The molecule has 18 heavy (non-hydrogen) atoms. The molecule has 0 spiro atoms. The van der Waals surface area contributed by atoms with Gasteiger partial charge in [0, 0.05) is 24.2 Å². The van der Waals surface area contributed by atoms with E-state index in [1.807, 2.05) is 18.2 Å². The van der Waals surface area contributed by atoms with Gasteiger partial charge in [0.2, 0.25) is 0 Å². The second-order valence-electron chi connectivity index (χ2n) is 5.05. The Morgan fingerprint density at radius 2 is 2.33 bits per heavy atom. The summed E-state index contributed by atoms with van der Waals surface area (Å²) in [5.41, 5.74) is 1.24. The monoisotopic (exact) mass is 267 g/mol. The van der Waals surface area contributed by atoms with Gasteiger partial charge in [-0.05, 0) is 43.4 Å². The molecule has 0 aliphatic carbocycles. The molecule has 100 valence electrons. The first-order valence-electron chi connectivity index (χ1n) is 6.81. The van der Waals surface area contributed by atoms with Crippen molar-refractivity contribution in [2.75, 3.05) is 13.2 Å². The lowest BCUT2D eigenvalue weighted by Crippen LogP contribution is -2.30. The van der Waals surface area contributed by atoms with E-state index in [-0.39, 0.29) is 0 Å². The number of hydrogen-bond donors (Lipinski definition) is 1. The van der Waals surface area contributed by atoms with Crippen molar-refractivity contribution >= 4 is 11.6 Å². The lowest BCUT2D eigenvalue weighted by atomic mass is 9.98. The minimum absolute atomic E-state index is 0.335. The van der Waals surface area contributed by atoms with E-state index in [4.69, 9.17) is 16.3 Å². The van der Waals surface area contributed by atoms with E-state index < -0.39 is 0 Å². The molecule has 0 radical (unpaired) electrons. The Balaban J connectivity index is 1.86. The van der Waals surface area contributed by atoms with Crippen LogP contribution in [-0.2, 0) is 4.74 Å². The molecular weight excluding hydrogens is 246 g/mol. The fraction of sp³-hybridized carbons (Fsp3) is 0.600. The lowest BCUT2D eigenvalue weighted by molar-refractivity contribution is 0.0867. The van der Waals surface area contributed by atoms with Gasteiger partial charge in [0.25, 0.3) is 0 Å². The third-order valence-corrected chi connectivity index (χ3v) is 4.02. The fourth-order valence-electron chi connectivity index (χ4n) is 2.60. The Kier molecular flexibility index (Phi) is 5.04. The molecule has 1 aliphatic rings. The van der Waals surface area contributed by atoms with Crippen molar-refractivity contribution in [3.63, 3.8) is 0 Å². The third-order valence-electron chi connectivity index (χ3n) is 3.78. The summed E-state index contributed by atoms with van der Waals surface area (Å²) >= 11 is 6.01. The number of hydrogen-bond acceptors (Lipinski definition) is 2. The zero-order valence-electron chi connectivity index (χ0n) is 11.2. The summed E-state index contributed by atoms with van der Waals surface area (Å²) in [6.07, 6.45) is 2.72. The van der Waals surface area contributed by atoms with Crippen LogP contribution in [-0.4, -0.2) is 19.3 Å². The van der Waals surface area contributed by atoms with E-state index in [0.717, 1.165) is 24.6 Å². The van der Waals surface area contributed by atoms with Crippen LogP contribution in [0.3, 0.4) is 0 Å². The maximum atomic E-state index is 6.01. The van der Waals surface area contributed by atoms with Gasteiger partial charge in [0.15, 0.2) is 0 Å². The van der Waals surface area contributed by atoms with Crippen LogP contribution in [0.15, 0.2) is 24.3 Å². The van der Waals surface area contributed by atoms with Gasteiger partial charge in [-0.1, -0.05) is 30.7 Å². The lowest BCUT2D eigenvalue weighted by Gasteiger charge is -2.21. The quantitative estimate of drug-likeness (QED) is 0.876. The predicted molar refractivity (Wildman–Crippen MR) is 76.0 cm³/mol. The number of rotatable bonds is 5. The van der Waals surface area contributed by atoms with Gasteiger partial charge < -0.3 is 10.1 Å². The highest BCUT2D eigenvalue weighted by atomic mass is 35.5. The van der Waals surface area contributed by atoms with Crippen molar-refractivity contribution in [3.05, 3.63) is 34.9 Å². The first kappa shape index (κ1) is 13.9. The smallest absolute Gasteiger partial charge is 0.0613 e. The van der Waals surface area contributed by atoms with E-state index in [1.165, 1.54) is 12.0 Å². The molecular formula is C15H22ClNO. The predicted octanol–water partition coefficient (Wildman–Crippen LogP) is 3.81. The zero-order chi connectivity index (χ0) is 13.0. The van der Waals surface area contributed by atoms with Crippen molar-refractivity contribution in [1.29, 1.82) is 0 Å². The molecule has 2 rings (SSSR count). The molecule has 1 aromatic rings. The van der Waals surface area contributed by atoms with E-state index in [1.54, 1.807) is 0 Å². The highest BCUT2D eigenvalue weighted by molar-refractivity contribution is 6.30. The normalized spacial score (nSPS) is 25.3. The second-order valence-corrected chi connectivity index (χ2v) is 5.49. The summed E-state index contributed by atoms with van der Waals surface area (Å²) in [5.74, 6) is 0.650. The van der Waals surface area contributed by atoms with Gasteiger partial charge in [0.1, 0.15) is 0 Å². The van der Waals surface area contributed by atoms with Crippen LogP contribution in [0.5, 0.6) is 0 Å². The standard InChI is InChI=1S/C15H22ClNO/c1-3-15-13(7-8-18-15)10-17-11(2)12-5-4-6-14(16)9-12/h4-6,9,11,13,15,17H,3,7-8,10H2,1-2H3. The summed E-state index contributed by atoms with van der Waals surface area (Å²) in [7, 11) is 0. The van der Waals surface area contributed by atoms with E-state index in [9.17, 15) is 0 Å². The Hall–Kier alpha value is -0.570. The first-order valence-corrected chi connectivity index (χ1v) is 7.19. The summed E-state index contributed by atoms with van der Waals surface area (Å²) in [6, 6.07) is 8.40. The molecule has 1 aliphatic heterocycles. The SMILES string of the molecule is CCC1OCCC1CNC(C)c1cccc(Cl)c1. The Labute approximate surface area is 115 Å². The zero-order valence-corrected chi connectivity index (χ0v) is 11.9. The Bertz CT molecular complexity index is 383. The molecule has 1 heterocycles. The molecule has 3 unspecified atom stereocenters. The molecule has 0 saturated carbocycles. The average molecular weight is 268 g/mol. The molecule has 1 aromatic carbocycles. The van der Waals surface area contributed by atoms with Crippen LogP contribution in [0.25, 0.3) is 0 Å². The van der Waals surface area contributed by atoms with Crippen LogP contribution < -0.4 is 5.32 Å². The van der Waals surface area contributed by atoms with Crippen LogP contribution in [0.1, 0.15) is 38.3 Å². The molecule has 0 bridgehead atoms. The minimum atomic E-state index is 0.335. The molecule has 1 fully saturated rings. The fourth-order valence-corrected chi connectivity index (χ4v) is 2.80. The average Bonchev–Trinajstić information content (AvgIpc) is 2.83. The van der Waals surface area contributed by atoms with Crippen molar-refractivity contribution < 1.29 is 4.74 Å². The van der Waals surface area contributed by atoms with Crippen LogP contribution >= 0.6 is 11.6 Å². The third kappa shape index (κ3) is 3.47. The topological polar surface area (TPSA) is 21.3 Å². The van der Waals surface area contributed by atoms with Crippen LogP contribution in [0.4, 0.5) is 0 Å². The van der Waals surface area contributed by atoms with Crippen molar-refractivity contribution in [2.45, 2.75) is 38.8 Å². The number of nitrogens with one attached hydrogen (secondary N) is 1. The van der Waals surface area contributed by atoms with Crippen LogP contribution in [0.2, 0.25) is 5.02 Å². The van der Waals surface area contributed by atoms with Crippen molar-refractivity contribution in [3.8, 4) is 0 Å². The van der Waals surface area contributed by atoms with Gasteiger partial charge >= 0.3 is 0 Å². The summed E-state index contributed by atoms with van der Waals surface area (Å²) < 4.78 is 5.71. The number of ether oxygens (including phenoxy) is 1. The van der Waals surface area contributed by atoms with Gasteiger partial charge in [0.05, 0.1) is 6.10 Å². The molecule has 0 amide bonds.